The molecule has 0 amide bonds. The lowest BCUT2D eigenvalue weighted by Gasteiger charge is -2.11. The Balaban J connectivity index is 2.78. The second kappa shape index (κ2) is 4.64. The number of nitrogens with zero attached hydrogens (tertiary/aromatic N) is 2. The lowest BCUT2D eigenvalue weighted by atomic mass is 10.2. The van der Waals surface area contributed by atoms with Gasteiger partial charge in [-0.2, -0.15) is 5.10 Å². The monoisotopic (exact) mass is 262 g/mol. The number of carboxylic acid groups (broad SMARTS) is 1. The summed E-state index contributed by atoms with van der Waals surface area (Å²) < 4.78 is 14.9. The zero-order valence-corrected chi connectivity index (χ0v) is 10.3. The molecular formula is C13H11FN2O3. The highest BCUT2D eigenvalue weighted by Crippen LogP contribution is 2.16. The normalized spacial score (nSPS) is 10.5. The summed E-state index contributed by atoms with van der Waals surface area (Å²) in [6, 6.07) is 4.47. The van der Waals surface area contributed by atoms with E-state index in [1.165, 1.54) is 19.2 Å². The molecule has 0 radical (unpaired) electrons. The fourth-order valence-corrected chi connectivity index (χ4v) is 1.78. The largest absolute Gasteiger partial charge is 0.476 e. The van der Waals surface area contributed by atoms with Gasteiger partial charge in [0.15, 0.2) is 0 Å². The van der Waals surface area contributed by atoms with Crippen LogP contribution in [0, 0.1) is 19.7 Å². The molecule has 2 rings (SSSR count). The maximum absolute atomic E-state index is 13.8. The number of rotatable bonds is 2. The number of carboxylic acids is 1. The van der Waals surface area contributed by atoms with Crippen LogP contribution in [0.4, 0.5) is 4.39 Å². The summed E-state index contributed by atoms with van der Waals surface area (Å²) in [6.07, 6.45) is 1.32. The molecule has 98 valence electrons. The Morgan fingerprint density at radius 1 is 1.32 bits per heavy atom. The molecule has 0 aliphatic heterocycles. The molecule has 0 atom stereocenters. The van der Waals surface area contributed by atoms with E-state index in [0.717, 1.165) is 4.68 Å². The van der Waals surface area contributed by atoms with Crippen LogP contribution in [0.1, 0.15) is 21.6 Å². The number of para-hydroxylation sites is 1. The predicted molar refractivity (Wildman–Crippen MR) is 66.2 cm³/mol. The van der Waals surface area contributed by atoms with Crippen molar-refractivity contribution in [3.63, 3.8) is 0 Å². The molecule has 6 heteroatoms. The smallest absolute Gasteiger partial charge is 0.360 e. The van der Waals surface area contributed by atoms with Crippen LogP contribution in [0.15, 0.2) is 29.2 Å². The Bertz CT molecular complexity index is 702. The molecule has 0 unspecified atom stereocenters. The van der Waals surface area contributed by atoms with E-state index in [1.807, 2.05) is 0 Å². The van der Waals surface area contributed by atoms with Crippen LogP contribution in [-0.4, -0.2) is 20.9 Å². The number of halogens is 1. The summed E-state index contributed by atoms with van der Waals surface area (Å²) in [6.45, 7) is 3.14. The van der Waals surface area contributed by atoms with Gasteiger partial charge in [-0.1, -0.05) is 12.1 Å². The zero-order chi connectivity index (χ0) is 14.2. The van der Waals surface area contributed by atoms with Crippen molar-refractivity contribution in [2.45, 2.75) is 13.8 Å². The molecule has 0 aliphatic carbocycles. The highest BCUT2D eigenvalue weighted by atomic mass is 19.1. The van der Waals surface area contributed by atoms with Crippen molar-refractivity contribution < 1.29 is 14.3 Å². The van der Waals surface area contributed by atoms with Crippen molar-refractivity contribution in [3.05, 3.63) is 57.3 Å². The minimum Gasteiger partial charge on any atom is -0.476 e. The third-order valence-corrected chi connectivity index (χ3v) is 2.72. The van der Waals surface area contributed by atoms with E-state index in [-0.39, 0.29) is 11.3 Å². The molecule has 0 saturated heterocycles. The van der Waals surface area contributed by atoms with Crippen LogP contribution in [-0.2, 0) is 0 Å². The molecule has 1 aromatic heterocycles. The van der Waals surface area contributed by atoms with Gasteiger partial charge in [-0.15, -0.1) is 0 Å². The Kier molecular flexibility index (Phi) is 3.16. The lowest BCUT2D eigenvalue weighted by molar-refractivity contribution is 0.0686. The summed E-state index contributed by atoms with van der Waals surface area (Å²) in [5.74, 6) is -1.97. The van der Waals surface area contributed by atoms with E-state index in [4.69, 9.17) is 5.11 Å². The highest BCUT2D eigenvalue weighted by Gasteiger charge is 2.16. The van der Waals surface area contributed by atoms with Gasteiger partial charge in [0, 0.05) is 11.8 Å². The van der Waals surface area contributed by atoms with Gasteiger partial charge in [0.2, 0.25) is 11.1 Å². The van der Waals surface area contributed by atoms with Gasteiger partial charge in [0.05, 0.1) is 0 Å². The van der Waals surface area contributed by atoms with Crippen LogP contribution >= 0.6 is 0 Å². The average molecular weight is 262 g/mol. The molecule has 0 fully saturated rings. The maximum atomic E-state index is 13.8. The minimum absolute atomic E-state index is 0.133. The third kappa shape index (κ3) is 2.24. The van der Waals surface area contributed by atoms with E-state index in [0.29, 0.717) is 5.56 Å². The molecular weight excluding hydrogens is 251 g/mol. The fourth-order valence-electron chi connectivity index (χ4n) is 1.78. The van der Waals surface area contributed by atoms with Gasteiger partial charge in [-0.05, 0) is 25.5 Å². The van der Waals surface area contributed by atoms with Gasteiger partial charge in [0.1, 0.15) is 11.5 Å². The van der Waals surface area contributed by atoms with E-state index in [1.54, 1.807) is 19.1 Å². The molecule has 1 N–H and O–H groups in total. The molecule has 0 aliphatic rings. The van der Waals surface area contributed by atoms with Crippen molar-refractivity contribution >= 4 is 5.97 Å². The summed E-state index contributed by atoms with van der Waals surface area (Å²) in [5.41, 5.74) is -0.379. The van der Waals surface area contributed by atoms with E-state index >= 15 is 0 Å². The Hall–Kier alpha value is -2.50. The first-order valence-electron chi connectivity index (χ1n) is 5.51. The van der Waals surface area contributed by atoms with E-state index in [9.17, 15) is 14.0 Å². The SMILES string of the molecule is Cc1cccc(F)c1-n1cc(C)c(=O)c(C(=O)O)n1. The van der Waals surface area contributed by atoms with Crippen LogP contribution in [0.2, 0.25) is 0 Å². The second-order valence-corrected chi connectivity index (χ2v) is 4.14. The van der Waals surface area contributed by atoms with Gasteiger partial charge < -0.3 is 5.11 Å². The van der Waals surface area contributed by atoms with E-state index in [2.05, 4.69) is 5.10 Å². The number of hydrogen-bond acceptors (Lipinski definition) is 3. The maximum Gasteiger partial charge on any atom is 0.360 e. The molecule has 0 bridgehead atoms. The lowest BCUT2D eigenvalue weighted by Crippen LogP contribution is -2.24. The molecule has 5 nitrogen and oxygen atoms in total. The van der Waals surface area contributed by atoms with Crippen LogP contribution < -0.4 is 5.43 Å². The highest BCUT2D eigenvalue weighted by molar-refractivity contribution is 5.85. The zero-order valence-electron chi connectivity index (χ0n) is 10.3. The average Bonchev–Trinajstić information content (AvgIpc) is 2.32. The molecule has 2 aromatic rings. The standard InChI is InChI=1S/C13H11FN2O3/c1-7-4-3-5-9(14)11(7)16-6-8(2)12(17)10(15-16)13(18)19/h3-6H,1-2H3,(H,18,19). The van der Waals surface area contributed by atoms with E-state index < -0.39 is 22.9 Å². The van der Waals surface area contributed by atoms with Crippen LogP contribution in [0.25, 0.3) is 5.69 Å². The van der Waals surface area contributed by atoms with Crippen molar-refractivity contribution in [2.24, 2.45) is 0 Å². The topological polar surface area (TPSA) is 72.2 Å². The van der Waals surface area contributed by atoms with Crippen molar-refractivity contribution in [3.8, 4) is 5.69 Å². The number of carbonyl (C=O) groups is 1. The fraction of sp³-hybridized carbons (Fsp3) is 0.154. The van der Waals surface area contributed by atoms with Gasteiger partial charge >= 0.3 is 5.97 Å². The Labute approximate surface area is 107 Å². The second-order valence-electron chi connectivity index (χ2n) is 4.14. The Morgan fingerprint density at radius 3 is 2.58 bits per heavy atom. The third-order valence-electron chi connectivity index (χ3n) is 2.72. The first-order chi connectivity index (χ1) is 8.91. The van der Waals surface area contributed by atoms with Crippen LogP contribution in [0.5, 0.6) is 0 Å². The summed E-state index contributed by atoms with van der Waals surface area (Å²) in [5, 5.41) is 12.6. The molecule has 1 aromatic carbocycles. The molecule has 0 saturated carbocycles. The predicted octanol–water partition coefficient (Wildman–Crippen LogP) is 1.69. The van der Waals surface area contributed by atoms with Gasteiger partial charge in [-0.3, -0.25) is 4.79 Å². The molecule has 19 heavy (non-hydrogen) atoms. The summed E-state index contributed by atoms with van der Waals surface area (Å²) in [7, 11) is 0. The number of benzene rings is 1. The summed E-state index contributed by atoms with van der Waals surface area (Å²) in [4.78, 5) is 22.6. The van der Waals surface area contributed by atoms with Gasteiger partial charge in [-0.25, -0.2) is 13.9 Å². The first kappa shape index (κ1) is 12.9. The van der Waals surface area contributed by atoms with Crippen molar-refractivity contribution in [2.75, 3.05) is 0 Å². The summed E-state index contributed by atoms with van der Waals surface area (Å²) >= 11 is 0. The first-order valence-corrected chi connectivity index (χ1v) is 5.51. The number of aromatic nitrogens is 2. The van der Waals surface area contributed by atoms with Crippen LogP contribution in [0.3, 0.4) is 0 Å². The number of aryl methyl sites for hydroxylation is 2. The number of aromatic carboxylic acids is 1. The van der Waals surface area contributed by atoms with Gasteiger partial charge in [0.25, 0.3) is 0 Å². The Morgan fingerprint density at radius 2 is 2.00 bits per heavy atom. The van der Waals surface area contributed by atoms with Crippen molar-refractivity contribution in [1.82, 2.24) is 9.78 Å². The molecule has 1 heterocycles. The minimum atomic E-state index is -1.43. The van der Waals surface area contributed by atoms with Crippen molar-refractivity contribution in [1.29, 1.82) is 0 Å². The number of hydrogen-bond donors (Lipinski definition) is 1. The molecule has 0 spiro atoms. The quantitative estimate of drug-likeness (QED) is 0.893.